The highest BCUT2D eigenvalue weighted by Gasteiger charge is 2.11. The molecule has 0 bridgehead atoms. The van der Waals surface area contributed by atoms with Crippen LogP contribution in [0.1, 0.15) is 31.0 Å². The number of benzene rings is 1. The number of carbonyl (C=O) groups is 1. The van der Waals surface area contributed by atoms with Crippen molar-refractivity contribution in [1.82, 2.24) is 10.6 Å². The van der Waals surface area contributed by atoms with Crippen LogP contribution < -0.4 is 10.6 Å². The van der Waals surface area contributed by atoms with Crippen molar-refractivity contribution in [3.05, 3.63) is 35.1 Å². The van der Waals surface area contributed by atoms with Crippen molar-refractivity contribution in [1.29, 1.82) is 0 Å². The maximum atomic E-state index is 13.5. The summed E-state index contributed by atoms with van der Waals surface area (Å²) in [4.78, 5) is 11.7. The molecule has 0 spiro atoms. The first-order valence-corrected chi connectivity index (χ1v) is 6.71. The molecule has 0 aliphatic carbocycles. The summed E-state index contributed by atoms with van der Waals surface area (Å²) < 4.78 is 18.4. The number of halogens is 1. The summed E-state index contributed by atoms with van der Waals surface area (Å²) in [6.45, 7) is 6.16. The van der Waals surface area contributed by atoms with Crippen LogP contribution in [0, 0.1) is 12.7 Å². The molecule has 0 heterocycles. The number of aryl methyl sites for hydroxylation is 1. The van der Waals surface area contributed by atoms with E-state index < -0.39 is 0 Å². The number of rotatable bonds is 7. The number of ether oxygens (including phenoxy) is 1. The maximum absolute atomic E-state index is 13.5. The lowest BCUT2D eigenvalue weighted by atomic mass is 10.1. The van der Waals surface area contributed by atoms with Crippen LogP contribution in [0.5, 0.6) is 0 Å². The lowest BCUT2D eigenvalue weighted by Gasteiger charge is -2.17. The van der Waals surface area contributed by atoms with E-state index in [9.17, 15) is 9.18 Å². The van der Waals surface area contributed by atoms with Crippen LogP contribution in [0.15, 0.2) is 18.2 Å². The second-order valence-electron chi connectivity index (χ2n) is 5.04. The van der Waals surface area contributed by atoms with Gasteiger partial charge >= 0.3 is 0 Å². The summed E-state index contributed by atoms with van der Waals surface area (Å²) in [5, 5.41) is 5.88. The van der Waals surface area contributed by atoms with Crippen LogP contribution in [0.3, 0.4) is 0 Å². The molecule has 112 valence electrons. The Hall–Kier alpha value is -1.46. The molecule has 0 saturated carbocycles. The lowest BCUT2D eigenvalue weighted by molar-refractivity contribution is -0.121. The standard InChI is InChI=1S/C15H23FN2O2/c1-10-5-6-13(7-14(10)16)12(3)17-8-15(19)18-11(2)9-20-4/h5-7,11-12,17H,8-9H2,1-4H3,(H,18,19). The van der Waals surface area contributed by atoms with Crippen LogP contribution >= 0.6 is 0 Å². The molecule has 0 aliphatic heterocycles. The highest BCUT2D eigenvalue weighted by Crippen LogP contribution is 2.15. The third-order valence-corrected chi connectivity index (χ3v) is 3.09. The summed E-state index contributed by atoms with van der Waals surface area (Å²) in [5.41, 5.74) is 1.44. The fraction of sp³-hybridized carbons (Fsp3) is 0.533. The van der Waals surface area contributed by atoms with Crippen LogP contribution in [-0.2, 0) is 9.53 Å². The average molecular weight is 282 g/mol. The summed E-state index contributed by atoms with van der Waals surface area (Å²) in [7, 11) is 1.59. The first-order chi connectivity index (χ1) is 9.43. The molecule has 1 aromatic carbocycles. The zero-order valence-electron chi connectivity index (χ0n) is 12.5. The van der Waals surface area contributed by atoms with Crippen LogP contribution in [0.2, 0.25) is 0 Å². The highest BCUT2D eigenvalue weighted by atomic mass is 19.1. The molecular formula is C15H23FN2O2. The van der Waals surface area contributed by atoms with Crippen LogP contribution in [-0.4, -0.2) is 32.2 Å². The van der Waals surface area contributed by atoms with E-state index in [0.29, 0.717) is 12.2 Å². The van der Waals surface area contributed by atoms with Gasteiger partial charge in [0.05, 0.1) is 13.2 Å². The third kappa shape index (κ3) is 5.27. The van der Waals surface area contributed by atoms with Gasteiger partial charge in [0.1, 0.15) is 5.82 Å². The van der Waals surface area contributed by atoms with Gasteiger partial charge in [-0.2, -0.15) is 0 Å². The minimum Gasteiger partial charge on any atom is -0.383 e. The number of carbonyl (C=O) groups excluding carboxylic acids is 1. The molecule has 4 nitrogen and oxygen atoms in total. The molecule has 0 saturated heterocycles. The first-order valence-electron chi connectivity index (χ1n) is 6.71. The molecule has 0 fully saturated rings. The summed E-state index contributed by atoms with van der Waals surface area (Å²) in [5.74, 6) is -0.330. The van der Waals surface area contributed by atoms with E-state index in [0.717, 1.165) is 5.56 Å². The normalized spacial score (nSPS) is 13.8. The van der Waals surface area contributed by atoms with Gasteiger partial charge in [0.25, 0.3) is 0 Å². The predicted octanol–water partition coefficient (Wildman–Crippen LogP) is 1.94. The molecule has 2 unspecified atom stereocenters. The molecule has 2 N–H and O–H groups in total. The molecule has 20 heavy (non-hydrogen) atoms. The quantitative estimate of drug-likeness (QED) is 0.803. The molecule has 1 aromatic rings. The first kappa shape index (κ1) is 16.6. The summed E-state index contributed by atoms with van der Waals surface area (Å²) >= 11 is 0. The summed E-state index contributed by atoms with van der Waals surface area (Å²) in [6, 6.07) is 4.99. The van der Waals surface area contributed by atoms with Gasteiger partial charge in [-0.3, -0.25) is 4.79 Å². The molecule has 2 atom stereocenters. The van der Waals surface area contributed by atoms with Crippen molar-refractivity contribution in [2.75, 3.05) is 20.3 Å². The number of amides is 1. The van der Waals surface area contributed by atoms with Crippen molar-refractivity contribution < 1.29 is 13.9 Å². The Morgan fingerprint density at radius 3 is 2.70 bits per heavy atom. The predicted molar refractivity (Wildman–Crippen MR) is 77.0 cm³/mol. The fourth-order valence-corrected chi connectivity index (χ4v) is 1.86. The Balaban J connectivity index is 2.44. The second-order valence-corrected chi connectivity index (χ2v) is 5.04. The zero-order valence-corrected chi connectivity index (χ0v) is 12.5. The van der Waals surface area contributed by atoms with Crippen molar-refractivity contribution in [3.8, 4) is 0 Å². The number of hydrogen-bond acceptors (Lipinski definition) is 3. The SMILES string of the molecule is COCC(C)NC(=O)CNC(C)c1ccc(C)c(F)c1. The maximum Gasteiger partial charge on any atom is 0.234 e. The van der Waals surface area contributed by atoms with E-state index in [-0.39, 0.29) is 30.4 Å². The number of methoxy groups -OCH3 is 1. The van der Waals surface area contributed by atoms with E-state index in [1.807, 2.05) is 19.9 Å². The van der Waals surface area contributed by atoms with Crippen molar-refractivity contribution in [2.45, 2.75) is 32.9 Å². The Morgan fingerprint density at radius 2 is 2.10 bits per heavy atom. The van der Waals surface area contributed by atoms with Crippen molar-refractivity contribution in [3.63, 3.8) is 0 Å². The van der Waals surface area contributed by atoms with Gasteiger partial charge < -0.3 is 15.4 Å². The monoisotopic (exact) mass is 282 g/mol. The number of nitrogens with one attached hydrogen (secondary N) is 2. The smallest absolute Gasteiger partial charge is 0.234 e. The Labute approximate surface area is 119 Å². The van der Waals surface area contributed by atoms with E-state index in [1.165, 1.54) is 6.07 Å². The minimum atomic E-state index is -0.227. The molecule has 0 aromatic heterocycles. The van der Waals surface area contributed by atoms with E-state index in [4.69, 9.17) is 4.74 Å². The van der Waals surface area contributed by atoms with Gasteiger partial charge in [-0.1, -0.05) is 12.1 Å². The van der Waals surface area contributed by atoms with E-state index >= 15 is 0 Å². The number of hydrogen-bond donors (Lipinski definition) is 2. The average Bonchev–Trinajstić information content (AvgIpc) is 2.39. The molecule has 0 aliphatic rings. The van der Waals surface area contributed by atoms with Gasteiger partial charge in [-0.15, -0.1) is 0 Å². The van der Waals surface area contributed by atoms with Crippen molar-refractivity contribution >= 4 is 5.91 Å². The van der Waals surface area contributed by atoms with Gasteiger partial charge in [-0.25, -0.2) is 4.39 Å². The molecular weight excluding hydrogens is 259 g/mol. The van der Waals surface area contributed by atoms with Crippen molar-refractivity contribution in [2.24, 2.45) is 0 Å². The summed E-state index contributed by atoms with van der Waals surface area (Å²) in [6.07, 6.45) is 0. The largest absolute Gasteiger partial charge is 0.383 e. The molecule has 1 rings (SSSR count). The van der Waals surface area contributed by atoms with Crippen LogP contribution in [0.4, 0.5) is 4.39 Å². The Bertz CT molecular complexity index is 451. The molecule has 1 amide bonds. The fourth-order valence-electron chi connectivity index (χ4n) is 1.86. The lowest BCUT2D eigenvalue weighted by Crippen LogP contribution is -2.41. The molecule has 5 heteroatoms. The van der Waals surface area contributed by atoms with Crippen LogP contribution in [0.25, 0.3) is 0 Å². The highest BCUT2D eigenvalue weighted by molar-refractivity contribution is 5.78. The second kappa shape index (κ2) is 7.97. The van der Waals surface area contributed by atoms with E-state index in [1.54, 1.807) is 20.1 Å². The minimum absolute atomic E-state index is 0.0265. The van der Waals surface area contributed by atoms with E-state index in [2.05, 4.69) is 10.6 Å². The van der Waals surface area contributed by atoms with Gasteiger partial charge in [0, 0.05) is 19.2 Å². The van der Waals surface area contributed by atoms with Gasteiger partial charge in [-0.05, 0) is 38.0 Å². The molecule has 0 radical (unpaired) electrons. The van der Waals surface area contributed by atoms with Gasteiger partial charge in [0.2, 0.25) is 5.91 Å². The Morgan fingerprint density at radius 1 is 1.40 bits per heavy atom. The topological polar surface area (TPSA) is 50.4 Å². The Kier molecular flexibility index (Phi) is 6.61. The zero-order chi connectivity index (χ0) is 15.1. The van der Waals surface area contributed by atoms with Gasteiger partial charge in [0.15, 0.2) is 0 Å². The third-order valence-electron chi connectivity index (χ3n) is 3.09.